The Labute approximate surface area is 161 Å². The van der Waals surface area contributed by atoms with Crippen molar-refractivity contribution >= 4 is 13.6 Å². The molecule has 0 aliphatic carbocycles. The summed E-state index contributed by atoms with van der Waals surface area (Å²) in [7, 11) is -3.62. The lowest BCUT2D eigenvalue weighted by atomic mass is 9.86. The van der Waals surface area contributed by atoms with Crippen LogP contribution >= 0.6 is 7.60 Å². The molecule has 0 saturated carbocycles. The van der Waals surface area contributed by atoms with Gasteiger partial charge in [-0.1, -0.05) is 30.3 Å². The SMILES string of the molecule is CCOC(=O)C1=C(C)NC(C)=C(P(=O)(OCC)OCC)C1c1ccccc1. The van der Waals surface area contributed by atoms with Crippen LogP contribution in [0.3, 0.4) is 0 Å². The van der Waals surface area contributed by atoms with Crippen LogP contribution in [0.15, 0.2) is 52.6 Å². The predicted molar refractivity (Wildman–Crippen MR) is 105 cm³/mol. The maximum absolute atomic E-state index is 13.7. The molecule has 0 saturated heterocycles. The summed E-state index contributed by atoms with van der Waals surface area (Å²) in [5, 5.41) is 3.62. The molecule has 1 heterocycles. The number of hydrogen-bond acceptors (Lipinski definition) is 6. The molecule has 1 unspecified atom stereocenters. The van der Waals surface area contributed by atoms with E-state index >= 15 is 0 Å². The third-order valence-corrected chi connectivity index (χ3v) is 6.63. The van der Waals surface area contributed by atoms with Crippen molar-refractivity contribution in [1.29, 1.82) is 0 Å². The van der Waals surface area contributed by atoms with Gasteiger partial charge in [0, 0.05) is 11.4 Å². The second-order valence-electron chi connectivity index (χ2n) is 6.07. The minimum atomic E-state index is -3.62. The molecule has 1 aliphatic heterocycles. The Hall–Kier alpha value is -1.88. The van der Waals surface area contributed by atoms with Gasteiger partial charge >= 0.3 is 13.6 Å². The molecule has 0 fully saturated rings. The zero-order chi connectivity index (χ0) is 20.0. The van der Waals surface area contributed by atoms with Gasteiger partial charge in [0.1, 0.15) is 0 Å². The average Bonchev–Trinajstić information content (AvgIpc) is 2.62. The molecule has 0 radical (unpaired) electrons. The Morgan fingerprint density at radius 1 is 1.00 bits per heavy atom. The van der Waals surface area contributed by atoms with Gasteiger partial charge in [-0.2, -0.15) is 0 Å². The monoisotopic (exact) mass is 393 g/mol. The molecule has 2 rings (SSSR count). The largest absolute Gasteiger partial charge is 0.463 e. The molecule has 6 nitrogen and oxygen atoms in total. The normalized spacial score (nSPS) is 17.7. The van der Waals surface area contributed by atoms with E-state index < -0.39 is 19.5 Å². The number of rotatable bonds is 8. The Morgan fingerprint density at radius 2 is 1.59 bits per heavy atom. The fraction of sp³-hybridized carbons (Fsp3) is 0.450. The van der Waals surface area contributed by atoms with E-state index in [2.05, 4.69) is 5.32 Å². The highest BCUT2D eigenvalue weighted by Crippen LogP contribution is 2.63. The lowest BCUT2D eigenvalue weighted by molar-refractivity contribution is -0.138. The molecule has 1 atom stereocenters. The summed E-state index contributed by atoms with van der Waals surface area (Å²) in [6, 6.07) is 9.46. The lowest BCUT2D eigenvalue weighted by Crippen LogP contribution is -2.29. The van der Waals surface area contributed by atoms with Gasteiger partial charge in [0.2, 0.25) is 0 Å². The number of allylic oxidation sites excluding steroid dienone is 3. The maximum atomic E-state index is 13.7. The molecule has 27 heavy (non-hydrogen) atoms. The van der Waals surface area contributed by atoms with Crippen molar-refractivity contribution in [1.82, 2.24) is 5.32 Å². The number of esters is 1. The van der Waals surface area contributed by atoms with Crippen molar-refractivity contribution in [3.63, 3.8) is 0 Å². The van der Waals surface area contributed by atoms with E-state index in [0.717, 1.165) is 5.56 Å². The summed E-state index contributed by atoms with van der Waals surface area (Å²) in [4.78, 5) is 12.8. The highest BCUT2D eigenvalue weighted by molar-refractivity contribution is 7.58. The van der Waals surface area contributed by atoms with Gasteiger partial charge < -0.3 is 19.1 Å². The highest BCUT2D eigenvalue weighted by atomic mass is 31.2. The molecule has 148 valence electrons. The second-order valence-corrected chi connectivity index (χ2v) is 8.06. The Balaban J connectivity index is 2.71. The van der Waals surface area contributed by atoms with E-state index in [-0.39, 0.29) is 19.8 Å². The molecule has 0 aromatic heterocycles. The summed E-state index contributed by atoms with van der Waals surface area (Å²) in [6.45, 7) is 9.64. The molecule has 1 N–H and O–H groups in total. The van der Waals surface area contributed by atoms with Crippen LogP contribution in [0.5, 0.6) is 0 Å². The van der Waals surface area contributed by atoms with Gasteiger partial charge in [-0.25, -0.2) is 4.79 Å². The van der Waals surface area contributed by atoms with Crippen molar-refractivity contribution in [2.75, 3.05) is 19.8 Å². The van der Waals surface area contributed by atoms with Crippen molar-refractivity contribution in [3.05, 3.63) is 58.2 Å². The van der Waals surface area contributed by atoms with E-state index in [0.29, 0.717) is 22.3 Å². The topological polar surface area (TPSA) is 73.9 Å². The number of hydrogen-bond donors (Lipinski definition) is 1. The number of dihydropyridines is 1. The molecular formula is C20H28NO5P. The molecule has 0 bridgehead atoms. The van der Waals surface area contributed by atoms with E-state index in [1.54, 1.807) is 20.8 Å². The van der Waals surface area contributed by atoms with Crippen molar-refractivity contribution in [2.24, 2.45) is 0 Å². The molecule has 1 aliphatic rings. The lowest BCUT2D eigenvalue weighted by Gasteiger charge is -2.34. The van der Waals surface area contributed by atoms with Crippen molar-refractivity contribution < 1.29 is 23.1 Å². The van der Waals surface area contributed by atoms with Crippen LogP contribution in [-0.2, 0) is 23.1 Å². The molecule has 7 heteroatoms. The highest BCUT2D eigenvalue weighted by Gasteiger charge is 2.44. The number of ether oxygens (including phenoxy) is 1. The zero-order valence-electron chi connectivity index (χ0n) is 16.6. The summed E-state index contributed by atoms with van der Waals surface area (Å²) < 4.78 is 30.2. The van der Waals surface area contributed by atoms with Crippen LogP contribution in [0.4, 0.5) is 0 Å². The van der Waals surface area contributed by atoms with Gasteiger partial charge in [-0.15, -0.1) is 0 Å². The van der Waals surface area contributed by atoms with Gasteiger partial charge in [0.05, 0.1) is 36.6 Å². The summed E-state index contributed by atoms with van der Waals surface area (Å²) >= 11 is 0. The standard InChI is InChI=1S/C20H28NO5P/c1-6-24-20(22)17-14(4)21-15(5)19(27(23,25-7-2)26-8-3)18(17)16-12-10-9-11-13-16/h9-13,18,21H,6-8H2,1-5H3. The Bertz CT molecular complexity index is 775. The van der Waals surface area contributed by atoms with Gasteiger partial charge in [0.25, 0.3) is 0 Å². The first-order chi connectivity index (χ1) is 12.9. The number of carbonyl (C=O) groups excluding carboxylic acids is 1. The first-order valence-corrected chi connectivity index (χ1v) is 10.7. The fourth-order valence-corrected chi connectivity index (χ4v) is 5.41. The van der Waals surface area contributed by atoms with Gasteiger partial charge in [-0.05, 0) is 40.2 Å². The zero-order valence-corrected chi connectivity index (χ0v) is 17.5. The molecule has 0 spiro atoms. The number of benzene rings is 1. The van der Waals surface area contributed by atoms with Crippen molar-refractivity contribution in [3.8, 4) is 0 Å². The molecular weight excluding hydrogens is 365 g/mol. The van der Waals surface area contributed by atoms with Crippen LogP contribution in [0, 0.1) is 0 Å². The summed E-state index contributed by atoms with van der Waals surface area (Å²) in [6.07, 6.45) is 0. The van der Waals surface area contributed by atoms with Crippen LogP contribution in [-0.4, -0.2) is 25.8 Å². The quantitative estimate of drug-likeness (QED) is 0.509. The summed E-state index contributed by atoms with van der Waals surface area (Å²) in [5.74, 6) is -1.02. The van der Waals surface area contributed by atoms with E-state index in [1.807, 2.05) is 44.2 Å². The van der Waals surface area contributed by atoms with E-state index in [9.17, 15) is 9.36 Å². The number of nitrogens with one attached hydrogen (secondary N) is 1. The van der Waals surface area contributed by atoms with Gasteiger partial charge in [-0.3, -0.25) is 4.57 Å². The molecule has 0 amide bonds. The average molecular weight is 393 g/mol. The minimum Gasteiger partial charge on any atom is -0.463 e. The predicted octanol–water partition coefficient (Wildman–Crippen LogP) is 4.71. The van der Waals surface area contributed by atoms with Gasteiger partial charge in [0.15, 0.2) is 0 Å². The first-order valence-electron chi connectivity index (χ1n) is 9.19. The minimum absolute atomic E-state index is 0.229. The first kappa shape index (κ1) is 21.4. The van der Waals surface area contributed by atoms with Crippen LogP contribution < -0.4 is 5.32 Å². The van der Waals surface area contributed by atoms with Crippen LogP contribution in [0.25, 0.3) is 0 Å². The molecule has 1 aromatic rings. The maximum Gasteiger partial charge on any atom is 0.360 e. The fourth-order valence-electron chi connectivity index (χ4n) is 3.31. The van der Waals surface area contributed by atoms with Crippen LogP contribution in [0.1, 0.15) is 46.1 Å². The van der Waals surface area contributed by atoms with Crippen molar-refractivity contribution in [2.45, 2.75) is 40.5 Å². The van der Waals surface area contributed by atoms with E-state index in [1.165, 1.54) is 0 Å². The Kier molecular flexibility index (Phi) is 7.42. The van der Waals surface area contributed by atoms with Crippen LogP contribution in [0.2, 0.25) is 0 Å². The van der Waals surface area contributed by atoms with E-state index in [4.69, 9.17) is 13.8 Å². The third kappa shape index (κ3) is 4.52. The molecule has 1 aromatic carbocycles. The second kappa shape index (κ2) is 9.36. The smallest absolute Gasteiger partial charge is 0.360 e. The Morgan fingerprint density at radius 3 is 2.11 bits per heavy atom. The number of carbonyl (C=O) groups is 1. The third-order valence-electron chi connectivity index (χ3n) is 4.25. The summed E-state index contributed by atoms with van der Waals surface area (Å²) in [5.41, 5.74) is 2.58.